The molecule has 0 fully saturated rings. The lowest BCUT2D eigenvalue weighted by atomic mass is 10.1. The standard InChI is InChI=1S/C13H15BrN4O/c1-9-11(4-3-5-12(9)14)13(19)15-6-7-18-8-16-17-10(18)2/h3-5,8H,6-7H2,1-2H3,(H,15,19). The van der Waals surface area contributed by atoms with Gasteiger partial charge in [-0.1, -0.05) is 22.0 Å². The van der Waals surface area contributed by atoms with E-state index in [4.69, 9.17) is 0 Å². The fourth-order valence-corrected chi connectivity index (χ4v) is 2.14. The second-order valence-corrected chi connectivity index (χ2v) is 5.09. The average Bonchev–Trinajstić information content (AvgIpc) is 2.78. The molecule has 0 unspecified atom stereocenters. The number of hydrogen-bond donors (Lipinski definition) is 1. The van der Waals surface area contributed by atoms with Gasteiger partial charge in [0.05, 0.1) is 0 Å². The van der Waals surface area contributed by atoms with E-state index in [2.05, 4.69) is 31.4 Å². The SMILES string of the molecule is Cc1c(Br)cccc1C(=O)NCCn1cnnc1C. The smallest absolute Gasteiger partial charge is 0.251 e. The van der Waals surface area contributed by atoms with Crippen molar-refractivity contribution in [3.63, 3.8) is 0 Å². The molecule has 0 aliphatic carbocycles. The molecule has 0 aliphatic heterocycles. The highest BCUT2D eigenvalue weighted by Gasteiger charge is 2.10. The van der Waals surface area contributed by atoms with Crippen LogP contribution in [-0.2, 0) is 6.54 Å². The summed E-state index contributed by atoms with van der Waals surface area (Å²) in [5, 5.41) is 10.6. The van der Waals surface area contributed by atoms with Gasteiger partial charge in [-0.3, -0.25) is 4.79 Å². The van der Waals surface area contributed by atoms with Crippen LogP contribution in [0, 0.1) is 13.8 Å². The molecule has 2 aromatic rings. The highest BCUT2D eigenvalue weighted by Crippen LogP contribution is 2.19. The van der Waals surface area contributed by atoms with Crippen LogP contribution in [0.5, 0.6) is 0 Å². The van der Waals surface area contributed by atoms with Gasteiger partial charge in [0, 0.05) is 23.1 Å². The maximum atomic E-state index is 12.1. The third-order valence-corrected chi connectivity index (χ3v) is 3.82. The molecule has 0 bridgehead atoms. The number of aryl methyl sites for hydroxylation is 1. The van der Waals surface area contributed by atoms with E-state index in [1.165, 1.54) is 0 Å². The van der Waals surface area contributed by atoms with Crippen molar-refractivity contribution in [3.8, 4) is 0 Å². The van der Waals surface area contributed by atoms with Gasteiger partial charge in [-0.15, -0.1) is 10.2 Å². The van der Waals surface area contributed by atoms with E-state index in [9.17, 15) is 4.79 Å². The topological polar surface area (TPSA) is 59.8 Å². The molecule has 0 aliphatic rings. The summed E-state index contributed by atoms with van der Waals surface area (Å²) in [6.45, 7) is 5.01. The number of aromatic nitrogens is 3. The zero-order chi connectivity index (χ0) is 13.8. The Bertz CT molecular complexity index is 594. The first kappa shape index (κ1) is 13.7. The van der Waals surface area contributed by atoms with Gasteiger partial charge < -0.3 is 9.88 Å². The predicted molar refractivity (Wildman–Crippen MR) is 76.0 cm³/mol. The van der Waals surface area contributed by atoms with E-state index in [1.807, 2.05) is 36.6 Å². The predicted octanol–water partition coefficient (Wildman–Crippen LogP) is 2.09. The van der Waals surface area contributed by atoms with E-state index < -0.39 is 0 Å². The number of hydrogen-bond acceptors (Lipinski definition) is 3. The summed E-state index contributed by atoms with van der Waals surface area (Å²) in [5.74, 6) is 0.775. The van der Waals surface area contributed by atoms with Gasteiger partial charge in [0.15, 0.2) is 0 Å². The van der Waals surface area contributed by atoms with Crippen molar-refractivity contribution in [1.82, 2.24) is 20.1 Å². The van der Waals surface area contributed by atoms with Gasteiger partial charge in [-0.05, 0) is 31.5 Å². The molecule has 0 radical (unpaired) electrons. The number of halogens is 1. The lowest BCUT2D eigenvalue weighted by Crippen LogP contribution is -2.28. The second-order valence-electron chi connectivity index (χ2n) is 4.24. The van der Waals surface area contributed by atoms with Gasteiger partial charge in [0.25, 0.3) is 5.91 Å². The van der Waals surface area contributed by atoms with Gasteiger partial charge >= 0.3 is 0 Å². The van der Waals surface area contributed by atoms with Crippen LogP contribution in [0.4, 0.5) is 0 Å². The number of carbonyl (C=O) groups is 1. The third-order valence-electron chi connectivity index (χ3n) is 2.96. The van der Waals surface area contributed by atoms with Crippen molar-refractivity contribution in [2.45, 2.75) is 20.4 Å². The van der Waals surface area contributed by atoms with E-state index in [-0.39, 0.29) is 5.91 Å². The molecule has 1 aromatic carbocycles. The fourth-order valence-electron chi connectivity index (χ4n) is 1.77. The molecule has 0 atom stereocenters. The first-order valence-electron chi connectivity index (χ1n) is 5.97. The first-order valence-corrected chi connectivity index (χ1v) is 6.76. The molecule has 0 saturated heterocycles. The van der Waals surface area contributed by atoms with Gasteiger partial charge in [-0.25, -0.2) is 0 Å². The van der Waals surface area contributed by atoms with Gasteiger partial charge in [0.1, 0.15) is 12.2 Å². The molecule has 0 spiro atoms. The van der Waals surface area contributed by atoms with Gasteiger partial charge in [-0.2, -0.15) is 0 Å². The fraction of sp³-hybridized carbons (Fsp3) is 0.308. The number of carbonyl (C=O) groups excluding carboxylic acids is 1. The van der Waals surface area contributed by atoms with Crippen molar-refractivity contribution in [2.75, 3.05) is 6.54 Å². The lowest BCUT2D eigenvalue weighted by Gasteiger charge is -2.09. The van der Waals surface area contributed by atoms with E-state index in [0.717, 1.165) is 15.9 Å². The summed E-state index contributed by atoms with van der Waals surface area (Å²) in [7, 11) is 0. The highest BCUT2D eigenvalue weighted by atomic mass is 79.9. The van der Waals surface area contributed by atoms with Crippen LogP contribution in [0.2, 0.25) is 0 Å². The van der Waals surface area contributed by atoms with Crippen LogP contribution >= 0.6 is 15.9 Å². The molecule has 2 rings (SSSR count). The molecule has 1 aromatic heterocycles. The zero-order valence-corrected chi connectivity index (χ0v) is 12.4. The van der Waals surface area contributed by atoms with Crippen LogP contribution in [0.15, 0.2) is 29.0 Å². The molecular formula is C13H15BrN4O. The lowest BCUT2D eigenvalue weighted by molar-refractivity contribution is 0.0951. The van der Waals surface area contributed by atoms with Crippen LogP contribution < -0.4 is 5.32 Å². The Kier molecular flexibility index (Phi) is 4.31. The Labute approximate surface area is 120 Å². The number of nitrogens with zero attached hydrogens (tertiary/aromatic N) is 3. The average molecular weight is 323 g/mol. The Morgan fingerprint density at radius 2 is 2.21 bits per heavy atom. The zero-order valence-electron chi connectivity index (χ0n) is 10.9. The number of nitrogens with one attached hydrogen (secondary N) is 1. The van der Waals surface area contributed by atoms with Crippen molar-refractivity contribution >= 4 is 21.8 Å². The summed E-state index contributed by atoms with van der Waals surface area (Å²) in [6, 6.07) is 5.60. The largest absolute Gasteiger partial charge is 0.350 e. The monoisotopic (exact) mass is 322 g/mol. The Hall–Kier alpha value is -1.69. The normalized spacial score (nSPS) is 10.5. The quantitative estimate of drug-likeness (QED) is 0.937. The van der Waals surface area contributed by atoms with Gasteiger partial charge in [0.2, 0.25) is 0 Å². The summed E-state index contributed by atoms with van der Waals surface area (Å²) in [5.41, 5.74) is 1.63. The second kappa shape index (κ2) is 5.97. The number of benzene rings is 1. The highest BCUT2D eigenvalue weighted by molar-refractivity contribution is 9.10. The molecule has 1 amide bonds. The summed E-state index contributed by atoms with van der Waals surface area (Å²) in [4.78, 5) is 12.1. The maximum Gasteiger partial charge on any atom is 0.251 e. The van der Waals surface area contributed by atoms with Crippen LogP contribution in [-0.4, -0.2) is 27.2 Å². The number of amides is 1. The molecule has 100 valence electrons. The van der Waals surface area contributed by atoms with Crippen molar-refractivity contribution in [2.24, 2.45) is 0 Å². The Morgan fingerprint density at radius 3 is 2.89 bits per heavy atom. The minimum atomic E-state index is -0.0653. The number of rotatable bonds is 4. The summed E-state index contributed by atoms with van der Waals surface area (Å²) < 4.78 is 2.84. The first-order chi connectivity index (χ1) is 9.09. The van der Waals surface area contributed by atoms with E-state index >= 15 is 0 Å². The molecule has 6 heteroatoms. The third kappa shape index (κ3) is 3.20. The minimum absolute atomic E-state index is 0.0653. The molecule has 5 nitrogen and oxygen atoms in total. The van der Waals surface area contributed by atoms with E-state index in [1.54, 1.807) is 6.33 Å². The molecular weight excluding hydrogens is 308 g/mol. The van der Waals surface area contributed by atoms with E-state index in [0.29, 0.717) is 18.7 Å². The molecule has 0 saturated carbocycles. The maximum absolute atomic E-state index is 12.1. The van der Waals surface area contributed by atoms with Crippen molar-refractivity contribution < 1.29 is 4.79 Å². The van der Waals surface area contributed by atoms with Crippen LogP contribution in [0.3, 0.4) is 0 Å². The molecule has 19 heavy (non-hydrogen) atoms. The molecule has 1 heterocycles. The van der Waals surface area contributed by atoms with Crippen LogP contribution in [0.1, 0.15) is 21.7 Å². The Balaban J connectivity index is 1.95. The molecule has 1 N–H and O–H groups in total. The minimum Gasteiger partial charge on any atom is -0.350 e. The summed E-state index contributed by atoms with van der Waals surface area (Å²) in [6.07, 6.45) is 1.66. The summed E-state index contributed by atoms with van der Waals surface area (Å²) >= 11 is 3.42. The van der Waals surface area contributed by atoms with Crippen LogP contribution in [0.25, 0.3) is 0 Å². The Morgan fingerprint density at radius 1 is 1.42 bits per heavy atom. The van der Waals surface area contributed by atoms with Crippen molar-refractivity contribution in [1.29, 1.82) is 0 Å². The van der Waals surface area contributed by atoms with Crippen molar-refractivity contribution in [3.05, 3.63) is 46.0 Å².